The quantitative estimate of drug-likeness (QED) is 0.719. The van der Waals surface area contributed by atoms with Gasteiger partial charge in [0.15, 0.2) is 5.69 Å². The average molecular weight is 178 g/mol. The fraction of sp³-hybridized carbons (Fsp3) is 0.125. The van der Waals surface area contributed by atoms with E-state index in [9.17, 15) is 4.79 Å². The number of ether oxygens (including phenoxy) is 1. The van der Waals surface area contributed by atoms with Gasteiger partial charge < -0.3 is 9.84 Å². The lowest BCUT2D eigenvalue weighted by Crippen LogP contribution is -2.03. The Morgan fingerprint density at radius 1 is 1.77 bits per heavy atom. The summed E-state index contributed by atoms with van der Waals surface area (Å²) in [7, 11) is 1.42. The molecule has 0 atom stereocenters. The zero-order chi connectivity index (χ0) is 9.84. The number of pyridine rings is 1. The molecule has 0 spiro atoms. The number of nitrogens with zero attached hydrogens (tertiary/aromatic N) is 2. The maximum atomic E-state index is 10.5. The first-order valence-electron chi connectivity index (χ1n) is 3.36. The van der Waals surface area contributed by atoms with Crippen LogP contribution in [0.3, 0.4) is 0 Å². The van der Waals surface area contributed by atoms with Crippen LogP contribution >= 0.6 is 0 Å². The SMILES string of the molecule is COc1cnc(C(=O)O)c(C#N)c1. The molecule has 1 heterocycles. The predicted octanol–water partition coefficient (Wildman–Crippen LogP) is 0.660. The molecule has 0 aliphatic carbocycles. The molecule has 1 aromatic heterocycles. The summed E-state index contributed by atoms with van der Waals surface area (Å²) in [5.74, 6) is -0.860. The van der Waals surface area contributed by atoms with Crippen molar-refractivity contribution in [3.63, 3.8) is 0 Å². The third-order valence-electron chi connectivity index (χ3n) is 1.42. The summed E-state index contributed by atoms with van der Waals surface area (Å²) >= 11 is 0. The highest BCUT2D eigenvalue weighted by Gasteiger charge is 2.11. The van der Waals surface area contributed by atoms with Crippen molar-refractivity contribution in [3.8, 4) is 11.8 Å². The van der Waals surface area contributed by atoms with Crippen LogP contribution in [0.25, 0.3) is 0 Å². The molecule has 0 aliphatic heterocycles. The smallest absolute Gasteiger partial charge is 0.355 e. The molecular formula is C8H6N2O3. The van der Waals surface area contributed by atoms with Gasteiger partial charge >= 0.3 is 5.97 Å². The molecule has 13 heavy (non-hydrogen) atoms. The van der Waals surface area contributed by atoms with Crippen molar-refractivity contribution >= 4 is 5.97 Å². The third kappa shape index (κ3) is 1.73. The van der Waals surface area contributed by atoms with Gasteiger partial charge in [-0.25, -0.2) is 9.78 Å². The zero-order valence-electron chi connectivity index (χ0n) is 6.81. The van der Waals surface area contributed by atoms with E-state index in [0.717, 1.165) is 0 Å². The second kappa shape index (κ2) is 3.54. The largest absolute Gasteiger partial charge is 0.495 e. The van der Waals surface area contributed by atoms with E-state index in [1.165, 1.54) is 19.4 Å². The van der Waals surface area contributed by atoms with Crippen molar-refractivity contribution in [2.75, 3.05) is 7.11 Å². The molecule has 5 nitrogen and oxygen atoms in total. The van der Waals surface area contributed by atoms with Crippen molar-refractivity contribution in [1.82, 2.24) is 4.98 Å². The van der Waals surface area contributed by atoms with Gasteiger partial charge in [-0.15, -0.1) is 0 Å². The lowest BCUT2D eigenvalue weighted by Gasteiger charge is -2.00. The van der Waals surface area contributed by atoms with Gasteiger partial charge in [0.1, 0.15) is 11.8 Å². The number of carboxylic acid groups (broad SMARTS) is 1. The highest BCUT2D eigenvalue weighted by molar-refractivity contribution is 5.88. The van der Waals surface area contributed by atoms with Crippen LogP contribution in [0, 0.1) is 11.3 Å². The van der Waals surface area contributed by atoms with E-state index < -0.39 is 5.97 Å². The Morgan fingerprint density at radius 3 is 2.92 bits per heavy atom. The Kier molecular flexibility index (Phi) is 2.45. The second-order valence-corrected chi connectivity index (χ2v) is 2.19. The van der Waals surface area contributed by atoms with Crippen LogP contribution in [0.5, 0.6) is 5.75 Å². The molecule has 0 aromatic carbocycles. The van der Waals surface area contributed by atoms with E-state index in [4.69, 9.17) is 15.1 Å². The van der Waals surface area contributed by atoms with Gasteiger partial charge in [0, 0.05) is 6.07 Å². The van der Waals surface area contributed by atoms with Gasteiger partial charge in [0.2, 0.25) is 0 Å². The van der Waals surface area contributed by atoms with Gasteiger partial charge in [0.05, 0.1) is 18.9 Å². The van der Waals surface area contributed by atoms with E-state index in [2.05, 4.69) is 4.98 Å². The molecule has 0 radical (unpaired) electrons. The molecule has 0 aliphatic rings. The number of hydrogen-bond acceptors (Lipinski definition) is 4. The van der Waals surface area contributed by atoms with Crippen LogP contribution in [-0.2, 0) is 0 Å². The van der Waals surface area contributed by atoms with E-state index in [1.54, 1.807) is 6.07 Å². The minimum absolute atomic E-state index is 0.00755. The second-order valence-electron chi connectivity index (χ2n) is 2.19. The zero-order valence-corrected chi connectivity index (χ0v) is 6.81. The highest BCUT2D eigenvalue weighted by atomic mass is 16.5. The molecule has 0 bridgehead atoms. The summed E-state index contributed by atoms with van der Waals surface area (Å²) in [5, 5.41) is 17.2. The fourth-order valence-corrected chi connectivity index (χ4v) is 0.813. The molecule has 66 valence electrons. The summed E-state index contributed by atoms with van der Waals surface area (Å²) < 4.78 is 4.78. The van der Waals surface area contributed by atoms with Gasteiger partial charge in [-0.1, -0.05) is 0 Å². The van der Waals surface area contributed by atoms with Crippen molar-refractivity contribution in [3.05, 3.63) is 23.5 Å². The molecule has 0 amide bonds. The Hall–Kier alpha value is -2.09. The van der Waals surface area contributed by atoms with Crippen molar-refractivity contribution < 1.29 is 14.6 Å². The molecule has 1 rings (SSSR count). The topological polar surface area (TPSA) is 83.2 Å². The molecule has 0 unspecified atom stereocenters. The summed E-state index contributed by atoms with van der Waals surface area (Å²) in [6.07, 6.45) is 1.25. The molecule has 0 fully saturated rings. The number of nitriles is 1. The Labute approximate surface area is 74.2 Å². The van der Waals surface area contributed by atoms with Crippen LogP contribution in [0.4, 0.5) is 0 Å². The maximum Gasteiger partial charge on any atom is 0.355 e. The van der Waals surface area contributed by atoms with E-state index in [1.807, 2.05) is 0 Å². The van der Waals surface area contributed by atoms with Gasteiger partial charge in [-0.3, -0.25) is 0 Å². The normalized spacial score (nSPS) is 8.92. The van der Waals surface area contributed by atoms with Crippen LogP contribution in [-0.4, -0.2) is 23.2 Å². The van der Waals surface area contributed by atoms with Gasteiger partial charge in [-0.05, 0) is 0 Å². The van der Waals surface area contributed by atoms with Gasteiger partial charge in [-0.2, -0.15) is 5.26 Å². The van der Waals surface area contributed by atoms with Crippen LogP contribution < -0.4 is 4.74 Å². The van der Waals surface area contributed by atoms with Crippen molar-refractivity contribution in [2.45, 2.75) is 0 Å². The average Bonchev–Trinajstić information content (AvgIpc) is 2.16. The lowest BCUT2D eigenvalue weighted by atomic mass is 10.2. The summed E-state index contributed by atoms with van der Waals surface area (Å²) in [5.41, 5.74) is -0.268. The van der Waals surface area contributed by atoms with E-state index >= 15 is 0 Å². The first-order valence-corrected chi connectivity index (χ1v) is 3.36. The molecule has 0 saturated carbocycles. The summed E-state index contributed by atoms with van der Waals surface area (Å²) in [6.45, 7) is 0. The Balaban J connectivity index is 3.26. The third-order valence-corrected chi connectivity index (χ3v) is 1.42. The predicted molar refractivity (Wildman–Crippen MR) is 42.5 cm³/mol. The molecular weight excluding hydrogens is 172 g/mol. The minimum atomic E-state index is -1.22. The number of methoxy groups -OCH3 is 1. The van der Waals surface area contributed by atoms with Crippen molar-refractivity contribution in [1.29, 1.82) is 5.26 Å². The molecule has 1 aromatic rings. The van der Waals surface area contributed by atoms with Crippen molar-refractivity contribution in [2.24, 2.45) is 0 Å². The first-order chi connectivity index (χ1) is 6.19. The van der Waals surface area contributed by atoms with E-state index in [0.29, 0.717) is 5.75 Å². The summed E-state index contributed by atoms with van der Waals surface area (Å²) in [4.78, 5) is 14.1. The molecule has 5 heteroatoms. The number of rotatable bonds is 2. The number of carbonyl (C=O) groups is 1. The Morgan fingerprint density at radius 2 is 2.46 bits per heavy atom. The monoisotopic (exact) mass is 178 g/mol. The summed E-state index contributed by atoms with van der Waals surface area (Å²) in [6, 6.07) is 3.06. The number of aromatic carboxylic acids is 1. The standard InChI is InChI=1S/C8H6N2O3/c1-13-6-2-5(3-9)7(8(11)12)10-4-6/h2,4H,1H3,(H,11,12). The number of hydrogen-bond donors (Lipinski definition) is 1. The first kappa shape index (κ1) is 9.00. The van der Waals surface area contributed by atoms with Gasteiger partial charge in [0.25, 0.3) is 0 Å². The Bertz CT molecular complexity index is 381. The number of carboxylic acids is 1. The van der Waals surface area contributed by atoms with Crippen LogP contribution in [0.15, 0.2) is 12.3 Å². The minimum Gasteiger partial charge on any atom is -0.495 e. The lowest BCUT2D eigenvalue weighted by molar-refractivity contribution is 0.0690. The molecule has 0 saturated heterocycles. The maximum absolute atomic E-state index is 10.5. The molecule has 1 N–H and O–H groups in total. The highest BCUT2D eigenvalue weighted by Crippen LogP contribution is 2.13. The van der Waals surface area contributed by atoms with E-state index in [-0.39, 0.29) is 11.3 Å². The number of aromatic nitrogens is 1. The fourth-order valence-electron chi connectivity index (χ4n) is 0.813. The van der Waals surface area contributed by atoms with Crippen LogP contribution in [0.2, 0.25) is 0 Å². The van der Waals surface area contributed by atoms with Crippen LogP contribution in [0.1, 0.15) is 16.1 Å².